The minimum absolute atomic E-state index is 0.285. The predicted octanol–water partition coefficient (Wildman–Crippen LogP) is 4.72. The zero-order chi connectivity index (χ0) is 18.9. The van der Waals surface area contributed by atoms with Gasteiger partial charge in [0, 0.05) is 12.2 Å². The molecule has 1 aromatic heterocycles. The Bertz CT molecular complexity index is 810. The van der Waals surface area contributed by atoms with E-state index >= 15 is 0 Å². The molecule has 1 aliphatic rings. The summed E-state index contributed by atoms with van der Waals surface area (Å²) in [5.74, 6) is 2.49. The van der Waals surface area contributed by atoms with E-state index in [0.717, 1.165) is 35.9 Å². The summed E-state index contributed by atoms with van der Waals surface area (Å²) < 4.78 is 0. The third kappa shape index (κ3) is 4.10. The molecular weight excluding hydrogens is 361 g/mol. The van der Waals surface area contributed by atoms with Crippen molar-refractivity contribution in [3.63, 3.8) is 0 Å². The molecule has 1 fully saturated rings. The SMILES string of the molecule is Cc1cnc(NCC(c2ccc(O)c(C)c2)P2(=S)CC(C)C(C)C2)cn1. The monoisotopic (exact) mass is 389 g/mol. The van der Waals surface area contributed by atoms with Gasteiger partial charge in [0.1, 0.15) is 11.6 Å². The van der Waals surface area contributed by atoms with E-state index in [4.69, 9.17) is 11.8 Å². The van der Waals surface area contributed by atoms with E-state index < -0.39 is 6.04 Å². The third-order valence-electron chi connectivity index (χ3n) is 5.60. The van der Waals surface area contributed by atoms with Gasteiger partial charge in [0.15, 0.2) is 0 Å². The molecule has 0 aliphatic carbocycles. The molecule has 26 heavy (non-hydrogen) atoms. The molecule has 1 aromatic carbocycles. The lowest BCUT2D eigenvalue weighted by Crippen LogP contribution is -2.16. The Morgan fingerprint density at radius 1 is 1.19 bits per heavy atom. The standard InChI is InChI=1S/C20H28N3OPS/c1-13-7-17(5-6-18(13)24)19(25(26)11-14(2)15(3)12-25)9-23-20-10-21-16(4)8-22-20/h5-8,10,14-15,19,24H,9,11-12H2,1-4H3,(H,22,23). The van der Waals surface area contributed by atoms with Crippen LogP contribution in [0.15, 0.2) is 30.6 Å². The summed E-state index contributed by atoms with van der Waals surface area (Å²) in [7, 11) is 0. The molecule has 3 rings (SSSR count). The maximum absolute atomic E-state index is 9.92. The van der Waals surface area contributed by atoms with Crippen LogP contribution in [0.25, 0.3) is 0 Å². The normalized spacial score (nSPS) is 26.6. The second-order valence-corrected chi connectivity index (χ2v) is 13.2. The van der Waals surface area contributed by atoms with Crippen molar-refractivity contribution in [2.75, 3.05) is 24.2 Å². The lowest BCUT2D eigenvalue weighted by Gasteiger charge is -2.29. The Morgan fingerprint density at radius 3 is 2.46 bits per heavy atom. The van der Waals surface area contributed by atoms with Gasteiger partial charge >= 0.3 is 0 Å². The summed E-state index contributed by atoms with van der Waals surface area (Å²) in [6, 6.07) is 4.38. The number of phenols is 1. The van der Waals surface area contributed by atoms with Gasteiger partial charge in [0.25, 0.3) is 0 Å². The van der Waals surface area contributed by atoms with Crippen molar-refractivity contribution >= 4 is 23.7 Å². The highest BCUT2D eigenvalue weighted by atomic mass is 32.4. The quantitative estimate of drug-likeness (QED) is 0.725. The van der Waals surface area contributed by atoms with E-state index in [9.17, 15) is 5.11 Å². The number of aromatic nitrogens is 2. The lowest BCUT2D eigenvalue weighted by atomic mass is 10.0. The van der Waals surface area contributed by atoms with E-state index in [2.05, 4.69) is 35.2 Å². The largest absolute Gasteiger partial charge is 0.508 e. The van der Waals surface area contributed by atoms with Gasteiger partial charge in [-0.05, 0) is 61.2 Å². The first-order valence-electron chi connectivity index (χ1n) is 9.18. The van der Waals surface area contributed by atoms with E-state index in [-0.39, 0.29) is 5.66 Å². The van der Waals surface area contributed by atoms with Gasteiger partial charge in [0.05, 0.1) is 18.1 Å². The fraction of sp³-hybridized carbons (Fsp3) is 0.500. The number of aryl methyl sites for hydroxylation is 2. The summed E-state index contributed by atoms with van der Waals surface area (Å²) >= 11 is 6.31. The Labute approximate surface area is 161 Å². The van der Waals surface area contributed by atoms with Crippen LogP contribution in [0.4, 0.5) is 5.82 Å². The van der Waals surface area contributed by atoms with Gasteiger partial charge in [-0.25, -0.2) is 4.98 Å². The van der Waals surface area contributed by atoms with Crippen molar-refractivity contribution in [3.05, 3.63) is 47.4 Å². The Kier molecular flexibility index (Phi) is 5.69. The van der Waals surface area contributed by atoms with Crippen molar-refractivity contribution in [1.29, 1.82) is 0 Å². The maximum Gasteiger partial charge on any atom is 0.144 e. The number of rotatable bonds is 5. The van der Waals surface area contributed by atoms with Gasteiger partial charge in [-0.15, -0.1) is 0 Å². The van der Waals surface area contributed by atoms with Crippen molar-refractivity contribution in [2.45, 2.75) is 33.4 Å². The summed E-state index contributed by atoms with van der Waals surface area (Å²) in [6.07, 6.45) is 5.86. The van der Waals surface area contributed by atoms with Crippen LogP contribution < -0.4 is 5.32 Å². The molecule has 6 heteroatoms. The van der Waals surface area contributed by atoms with Crippen molar-refractivity contribution in [3.8, 4) is 5.75 Å². The Hall–Kier alpha value is -1.45. The molecule has 2 aromatic rings. The van der Waals surface area contributed by atoms with Crippen LogP contribution in [-0.2, 0) is 11.8 Å². The molecule has 0 radical (unpaired) electrons. The molecule has 0 bridgehead atoms. The first-order valence-corrected chi connectivity index (χ1v) is 12.4. The zero-order valence-electron chi connectivity index (χ0n) is 15.9. The molecule has 2 heterocycles. The molecule has 140 valence electrons. The van der Waals surface area contributed by atoms with Crippen LogP contribution in [-0.4, -0.2) is 33.9 Å². The summed E-state index contributed by atoms with van der Waals surface area (Å²) in [6.45, 7) is 9.30. The van der Waals surface area contributed by atoms with Gasteiger partial charge < -0.3 is 10.4 Å². The lowest BCUT2D eigenvalue weighted by molar-refractivity contribution is 0.471. The first kappa shape index (κ1) is 19.3. The first-order chi connectivity index (χ1) is 12.3. The molecule has 0 spiro atoms. The highest BCUT2D eigenvalue weighted by Crippen LogP contribution is 2.66. The Balaban J connectivity index is 1.89. The topological polar surface area (TPSA) is 58.0 Å². The smallest absolute Gasteiger partial charge is 0.144 e. The molecule has 0 amide bonds. The minimum Gasteiger partial charge on any atom is -0.508 e. The average Bonchev–Trinajstić information content (AvgIpc) is 2.85. The van der Waals surface area contributed by atoms with Gasteiger partial charge in [0.2, 0.25) is 0 Å². The van der Waals surface area contributed by atoms with E-state index in [1.54, 1.807) is 18.5 Å². The van der Waals surface area contributed by atoms with Gasteiger partial charge in [-0.2, -0.15) is 0 Å². The van der Waals surface area contributed by atoms with Crippen molar-refractivity contribution < 1.29 is 5.11 Å². The van der Waals surface area contributed by atoms with Crippen molar-refractivity contribution in [1.82, 2.24) is 9.97 Å². The number of aromatic hydroxyl groups is 1. The summed E-state index contributed by atoms with van der Waals surface area (Å²) in [4.78, 5) is 8.74. The molecule has 1 saturated heterocycles. The molecule has 3 atom stereocenters. The number of nitrogens with zero attached hydrogens (tertiary/aromatic N) is 2. The number of phenolic OH excluding ortho intramolecular Hbond substituents is 1. The zero-order valence-corrected chi connectivity index (χ0v) is 17.6. The van der Waals surface area contributed by atoms with E-state index in [0.29, 0.717) is 17.6 Å². The second kappa shape index (κ2) is 7.66. The highest BCUT2D eigenvalue weighted by molar-refractivity contribution is 8.14. The van der Waals surface area contributed by atoms with Crippen LogP contribution in [0.5, 0.6) is 5.75 Å². The Morgan fingerprint density at radius 2 is 1.88 bits per heavy atom. The minimum atomic E-state index is -1.55. The van der Waals surface area contributed by atoms with Crippen molar-refractivity contribution in [2.24, 2.45) is 11.8 Å². The maximum atomic E-state index is 9.92. The molecule has 1 aliphatic heterocycles. The average molecular weight is 390 g/mol. The fourth-order valence-electron chi connectivity index (χ4n) is 3.79. The number of hydrogen-bond donors (Lipinski definition) is 2. The third-order valence-corrected chi connectivity index (χ3v) is 11.3. The van der Waals surface area contributed by atoms with Crippen LogP contribution in [0.2, 0.25) is 0 Å². The number of anilines is 1. The van der Waals surface area contributed by atoms with Crippen LogP contribution >= 0.6 is 6.04 Å². The second-order valence-electron chi connectivity index (χ2n) is 7.76. The molecule has 4 nitrogen and oxygen atoms in total. The fourth-order valence-corrected chi connectivity index (χ4v) is 10.2. The molecular formula is C20H28N3OPS. The number of nitrogens with one attached hydrogen (secondary N) is 1. The number of hydrogen-bond acceptors (Lipinski definition) is 5. The van der Waals surface area contributed by atoms with E-state index in [1.807, 2.05) is 19.9 Å². The van der Waals surface area contributed by atoms with Crippen LogP contribution in [0.3, 0.4) is 0 Å². The highest BCUT2D eigenvalue weighted by Gasteiger charge is 2.39. The van der Waals surface area contributed by atoms with Crippen LogP contribution in [0.1, 0.15) is 36.3 Å². The van der Waals surface area contributed by atoms with Gasteiger partial charge in [-0.1, -0.05) is 37.8 Å². The number of benzene rings is 1. The van der Waals surface area contributed by atoms with Gasteiger partial charge in [-0.3, -0.25) is 4.98 Å². The summed E-state index contributed by atoms with van der Waals surface area (Å²) in [5.41, 5.74) is 3.33. The predicted molar refractivity (Wildman–Crippen MR) is 113 cm³/mol. The van der Waals surface area contributed by atoms with E-state index in [1.165, 1.54) is 5.56 Å². The molecule has 2 N–H and O–H groups in total. The van der Waals surface area contributed by atoms with Crippen LogP contribution in [0, 0.1) is 25.7 Å². The molecule has 3 unspecified atom stereocenters. The summed E-state index contributed by atoms with van der Waals surface area (Å²) in [5, 5.41) is 13.4. The molecule has 0 saturated carbocycles.